The van der Waals surface area contributed by atoms with E-state index in [1.165, 1.54) is 0 Å². The Kier molecular flexibility index (Phi) is 18.8. The van der Waals surface area contributed by atoms with Crippen molar-refractivity contribution in [2.45, 2.75) is 62.6 Å². The molecule has 16 nitrogen and oxygen atoms in total. The van der Waals surface area contributed by atoms with E-state index in [9.17, 15) is 28.8 Å². The van der Waals surface area contributed by atoms with Crippen LogP contribution in [0.25, 0.3) is 0 Å². The highest BCUT2D eigenvalue weighted by molar-refractivity contribution is 5.88. The molecule has 0 heterocycles. The van der Waals surface area contributed by atoms with Gasteiger partial charge in [0.05, 0.1) is 25.7 Å². The normalized spacial score (nSPS) is 10.6. The molecule has 0 aromatic heterocycles. The van der Waals surface area contributed by atoms with Gasteiger partial charge >= 0.3 is 35.8 Å². The quantitative estimate of drug-likeness (QED) is 0.109. The van der Waals surface area contributed by atoms with E-state index in [0.717, 1.165) is 25.7 Å². The fourth-order valence-corrected chi connectivity index (χ4v) is 2.01. The predicted molar refractivity (Wildman–Crippen MR) is 107 cm³/mol. The maximum Gasteiger partial charge on any atom is 0.336 e. The van der Waals surface area contributed by atoms with Crippen LogP contribution in [0.15, 0.2) is 0 Å². The van der Waals surface area contributed by atoms with Crippen molar-refractivity contribution in [3.8, 4) is 0 Å². The smallest absolute Gasteiger partial charge is 0.336 e. The summed E-state index contributed by atoms with van der Waals surface area (Å²) in [4.78, 5) is 61.0. The minimum Gasteiger partial charge on any atom is -0.481 e. The van der Waals surface area contributed by atoms with Gasteiger partial charge in [0, 0.05) is 13.2 Å². The Morgan fingerprint density at radius 1 is 0.441 bits per heavy atom. The molecule has 0 unspecified atom stereocenters. The topological polar surface area (TPSA) is 305 Å². The van der Waals surface area contributed by atoms with E-state index in [1.54, 1.807) is 0 Å². The second-order valence-electron chi connectivity index (χ2n) is 6.82. The number of aliphatic carboxylic acids is 6. The zero-order valence-electron chi connectivity index (χ0n) is 18.0. The Hall–Kier alpha value is -3.34. The van der Waals surface area contributed by atoms with Crippen LogP contribution < -0.4 is 0 Å². The minimum atomic E-state index is -2.74. The van der Waals surface area contributed by atoms with Crippen molar-refractivity contribution >= 4 is 35.8 Å². The largest absolute Gasteiger partial charge is 0.481 e. The third-order valence-corrected chi connectivity index (χ3v) is 3.64. The Bertz CT molecular complexity index is 595. The lowest BCUT2D eigenvalue weighted by Gasteiger charge is -2.18. The van der Waals surface area contributed by atoms with Crippen molar-refractivity contribution in [3.63, 3.8) is 0 Å². The fourth-order valence-electron chi connectivity index (χ4n) is 2.01. The summed E-state index contributed by atoms with van der Waals surface area (Å²) < 4.78 is 0. The standard InChI is InChI=1S/2C6H8O7.C6H14O2/c2*7-3(8)1-6(13,5(11)12)2-4(9)10;7-5-3-1-2-4-6-8/h2*13H,1-2H2,(H,7,8)(H,9,10)(H,11,12);7-8H,1-6H2. The molecule has 0 saturated carbocycles. The zero-order valence-corrected chi connectivity index (χ0v) is 18.0. The lowest BCUT2D eigenvalue weighted by atomic mass is 9.96. The number of rotatable bonds is 15. The maximum atomic E-state index is 10.3. The Balaban J connectivity index is -0.000000438. The van der Waals surface area contributed by atoms with Crippen molar-refractivity contribution in [3.05, 3.63) is 0 Å². The van der Waals surface area contributed by atoms with E-state index in [0.29, 0.717) is 0 Å². The van der Waals surface area contributed by atoms with E-state index in [1.807, 2.05) is 0 Å². The highest BCUT2D eigenvalue weighted by Gasteiger charge is 2.41. The maximum absolute atomic E-state index is 10.3. The number of carboxylic acids is 6. The fraction of sp³-hybridized carbons (Fsp3) is 0.667. The van der Waals surface area contributed by atoms with E-state index in [-0.39, 0.29) is 13.2 Å². The number of aliphatic hydroxyl groups excluding tert-OH is 2. The van der Waals surface area contributed by atoms with Crippen molar-refractivity contribution < 1.29 is 79.8 Å². The van der Waals surface area contributed by atoms with Gasteiger partial charge in [0.25, 0.3) is 0 Å². The summed E-state index contributed by atoms with van der Waals surface area (Å²) in [6.07, 6.45) is -0.749. The van der Waals surface area contributed by atoms with Crippen LogP contribution in [0.5, 0.6) is 0 Å². The third kappa shape index (κ3) is 19.4. The molecular weight excluding hydrogens is 472 g/mol. The number of unbranched alkanes of at least 4 members (excludes halogenated alkanes) is 3. The van der Waals surface area contributed by atoms with Crippen molar-refractivity contribution in [1.82, 2.24) is 0 Å². The molecule has 0 rings (SSSR count). The molecule has 34 heavy (non-hydrogen) atoms. The first-order valence-electron chi connectivity index (χ1n) is 9.47. The number of carboxylic acid groups (broad SMARTS) is 6. The first-order valence-corrected chi connectivity index (χ1v) is 9.47. The van der Waals surface area contributed by atoms with Crippen LogP contribution in [0, 0.1) is 0 Å². The number of hydrogen-bond donors (Lipinski definition) is 10. The van der Waals surface area contributed by atoms with Crippen LogP contribution in [-0.4, -0.2) is 111 Å². The summed E-state index contributed by atoms with van der Waals surface area (Å²) >= 11 is 0. The van der Waals surface area contributed by atoms with Crippen LogP contribution >= 0.6 is 0 Å². The number of hydrogen-bond acceptors (Lipinski definition) is 10. The molecule has 0 aliphatic rings. The van der Waals surface area contributed by atoms with Crippen LogP contribution in [-0.2, 0) is 28.8 Å². The molecule has 0 bridgehead atoms. The van der Waals surface area contributed by atoms with Gasteiger partial charge in [-0.25, -0.2) is 9.59 Å². The van der Waals surface area contributed by atoms with Gasteiger partial charge in [-0.15, -0.1) is 0 Å². The van der Waals surface area contributed by atoms with E-state index >= 15 is 0 Å². The van der Waals surface area contributed by atoms with Crippen LogP contribution in [0.4, 0.5) is 0 Å². The Morgan fingerprint density at radius 3 is 0.765 bits per heavy atom. The Morgan fingerprint density at radius 2 is 0.647 bits per heavy atom. The molecule has 0 atom stereocenters. The molecule has 16 heteroatoms. The molecule has 0 fully saturated rings. The van der Waals surface area contributed by atoms with Crippen LogP contribution in [0.3, 0.4) is 0 Å². The summed E-state index contributed by atoms with van der Waals surface area (Å²) in [6.45, 7) is 0.566. The second-order valence-corrected chi connectivity index (χ2v) is 6.82. The molecule has 0 amide bonds. The molecule has 198 valence electrons. The van der Waals surface area contributed by atoms with Gasteiger partial charge in [0.2, 0.25) is 0 Å². The second kappa shape index (κ2) is 18.1. The van der Waals surface area contributed by atoms with Crippen molar-refractivity contribution in [1.29, 1.82) is 0 Å². The molecule has 0 aromatic carbocycles. The van der Waals surface area contributed by atoms with Gasteiger partial charge in [-0.1, -0.05) is 12.8 Å². The summed E-state index contributed by atoms with van der Waals surface area (Å²) in [5.74, 6) is -10.0. The average molecular weight is 502 g/mol. The zero-order chi connectivity index (χ0) is 27.5. The van der Waals surface area contributed by atoms with Crippen LogP contribution in [0.2, 0.25) is 0 Å². The number of carbonyl (C=O) groups is 6. The monoisotopic (exact) mass is 502 g/mol. The SMILES string of the molecule is O=C(O)CC(O)(CC(=O)O)C(=O)O.O=C(O)CC(O)(CC(=O)O)C(=O)O.OCCCCCCO. The summed E-state index contributed by atoms with van der Waals surface area (Å²) in [5.41, 5.74) is -5.48. The van der Waals surface area contributed by atoms with Gasteiger partial charge in [0.1, 0.15) is 0 Å². The molecule has 0 radical (unpaired) electrons. The third-order valence-electron chi connectivity index (χ3n) is 3.64. The molecule has 0 aromatic rings. The van der Waals surface area contributed by atoms with Gasteiger partial charge < -0.3 is 51.1 Å². The van der Waals surface area contributed by atoms with E-state index in [2.05, 4.69) is 0 Å². The van der Waals surface area contributed by atoms with E-state index in [4.69, 9.17) is 51.1 Å². The molecule has 10 N–H and O–H groups in total. The molecule has 0 aliphatic carbocycles. The summed E-state index contributed by atoms with van der Waals surface area (Å²) in [6, 6.07) is 0. The lowest BCUT2D eigenvalue weighted by molar-refractivity contribution is -0.170. The summed E-state index contributed by atoms with van der Waals surface area (Å²) in [5, 5.41) is 84.2. The van der Waals surface area contributed by atoms with Crippen LogP contribution in [0.1, 0.15) is 51.4 Å². The highest BCUT2D eigenvalue weighted by Crippen LogP contribution is 2.16. The number of aliphatic hydroxyl groups is 4. The van der Waals surface area contributed by atoms with Gasteiger partial charge in [-0.05, 0) is 12.8 Å². The highest BCUT2D eigenvalue weighted by atomic mass is 16.4. The molecule has 0 saturated heterocycles. The van der Waals surface area contributed by atoms with Gasteiger partial charge in [-0.3, -0.25) is 19.2 Å². The lowest BCUT2D eigenvalue weighted by Crippen LogP contribution is -2.42. The first kappa shape index (κ1) is 35.3. The van der Waals surface area contributed by atoms with Gasteiger partial charge in [0.15, 0.2) is 11.2 Å². The molecule has 0 spiro atoms. The van der Waals surface area contributed by atoms with E-state index < -0.39 is 72.7 Å². The molecular formula is C18H30O16. The molecule has 0 aliphatic heterocycles. The predicted octanol–water partition coefficient (Wildman–Crippen LogP) is -1.97. The first-order chi connectivity index (χ1) is 15.5. The minimum absolute atomic E-state index is 0.283. The van der Waals surface area contributed by atoms with Gasteiger partial charge in [-0.2, -0.15) is 0 Å². The summed E-state index contributed by atoms with van der Waals surface area (Å²) in [7, 11) is 0. The van der Waals surface area contributed by atoms with Crippen molar-refractivity contribution in [2.75, 3.05) is 13.2 Å². The van der Waals surface area contributed by atoms with Crippen molar-refractivity contribution in [2.24, 2.45) is 0 Å². The average Bonchev–Trinajstić information content (AvgIpc) is 2.63. The Labute approximate surface area is 192 Å².